The van der Waals surface area contributed by atoms with Crippen molar-refractivity contribution in [3.8, 4) is 0 Å². The molecule has 0 aliphatic heterocycles. The zero-order valence-electron chi connectivity index (χ0n) is 16.4. The van der Waals surface area contributed by atoms with Gasteiger partial charge in [0.25, 0.3) is 6.43 Å². The van der Waals surface area contributed by atoms with Gasteiger partial charge in [-0.15, -0.1) is 5.10 Å². The number of hydrogen-bond donors (Lipinski definition) is 1. The number of amides is 1. The van der Waals surface area contributed by atoms with Gasteiger partial charge in [0.15, 0.2) is 0 Å². The van der Waals surface area contributed by atoms with Crippen LogP contribution in [-0.2, 0) is 11.3 Å². The first-order chi connectivity index (χ1) is 14.4. The van der Waals surface area contributed by atoms with Gasteiger partial charge in [-0.3, -0.25) is 4.79 Å². The van der Waals surface area contributed by atoms with E-state index in [0.717, 1.165) is 12.6 Å². The first kappa shape index (κ1) is 20.3. The SMILES string of the molecule is Cc1nc(C(F)F)nn1CC[C@@]1(C2C=CC=CC2)C[C@H]1C(=O)Nc1ccc(F)cn1. The number of anilines is 1. The Morgan fingerprint density at radius 3 is 2.83 bits per heavy atom. The van der Waals surface area contributed by atoms with E-state index in [1.54, 1.807) is 6.92 Å². The molecule has 0 aromatic carbocycles. The Morgan fingerprint density at radius 2 is 2.20 bits per heavy atom. The fourth-order valence-corrected chi connectivity index (χ4v) is 4.28. The summed E-state index contributed by atoms with van der Waals surface area (Å²) in [5.74, 6) is -0.470. The molecule has 2 aromatic rings. The van der Waals surface area contributed by atoms with Crippen molar-refractivity contribution in [1.82, 2.24) is 19.7 Å². The minimum absolute atomic E-state index is 0.165. The maximum absolute atomic E-state index is 13.1. The van der Waals surface area contributed by atoms with Crippen LogP contribution in [0.25, 0.3) is 0 Å². The molecule has 1 N–H and O–H groups in total. The minimum atomic E-state index is -2.71. The number of aromatic nitrogens is 4. The lowest BCUT2D eigenvalue weighted by Gasteiger charge is -2.26. The zero-order valence-corrected chi connectivity index (χ0v) is 16.4. The number of carbonyl (C=O) groups excluding carboxylic acids is 1. The molecule has 4 rings (SSSR count). The van der Waals surface area contributed by atoms with Crippen molar-refractivity contribution >= 4 is 11.7 Å². The van der Waals surface area contributed by atoms with Gasteiger partial charge in [-0.25, -0.2) is 27.8 Å². The average Bonchev–Trinajstić information content (AvgIpc) is 3.37. The summed E-state index contributed by atoms with van der Waals surface area (Å²) in [5, 5.41) is 6.67. The van der Waals surface area contributed by atoms with Crippen molar-refractivity contribution in [3.05, 3.63) is 60.1 Å². The van der Waals surface area contributed by atoms with E-state index in [9.17, 15) is 18.0 Å². The molecule has 1 amide bonds. The molecule has 0 spiro atoms. The standard InChI is InChI=1S/C21H22F3N5O/c1-13-26-19(18(23)24)28-29(13)10-9-21(14-5-3-2-4-6-14)11-16(21)20(30)27-17-8-7-15(22)12-25-17/h2-5,7-8,12,14,16,18H,6,9-11H2,1H3,(H,25,27,30)/t14?,16-,21-/m0/s1. The maximum atomic E-state index is 13.1. The lowest BCUT2D eigenvalue weighted by molar-refractivity contribution is -0.118. The Morgan fingerprint density at radius 1 is 1.37 bits per heavy atom. The molecule has 1 unspecified atom stereocenters. The molecule has 9 heteroatoms. The Balaban J connectivity index is 1.49. The summed E-state index contributed by atoms with van der Waals surface area (Å²) in [4.78, 5) is 20.6. The Bertz CT molecular complexity index is 985. The lowest BCUT2D eigenvalue weighted by atomic mass is 9.79. The number of halogens is 3. The van der Waals surface area contributed by atoms with Gasteiger partial charge < -0.3 is 5.32 Å². The van der Waals surface area contributed by atoms with Gasteiger partial charge in [0.2, 0.25) is 11.7 Å². The molecule has 0 bridgehead atoms. The summed E-state index contributed by atoms with van der Waals surface area (Å²) in [6, 6.07) is 2.66. The minimum Gasteiger partial charge on any atom is -0.310 e. The second kappa shape index (κ2) is 8.04. The number of nitrogens with one attached hydrogen (secondary N) is 1. The smallest absolute Gasteiger partial charge is 0.299 e. The van der Waals surface area contributed by atoms with Crippen molar-refractivity contribution in [2.45, 2.75) is 39.2 Å². The summed E-state index contributed by atoms with van der Waals surface area (Å²) in [5.41, 5.74) is -0.297. The van der Waals surface area contributed by atoms with Gasteiger partial charge >= 0.3 is 0 Å². The highest BCUT2D eigenvalue weighted by Gasteiger charge is 2.60. The maximum Gasteiger partial charge on any atom is 0.299 e. The molecule has 30 heavy (non-hydrogen) atoms. The van der Waals surface area contributed by atoms with Crippen LogP contribution >= 0.6 is 0 Å². The predicted molar refractivity (Wildman–Crippen MR) is 104 cm³/mol. The van der Waals surface area contributed by atoms with Crippen molar-refractivity contribution in [2.24, 2.45) is 17.3 Å². The van der Waals surface area contributed by atoms with Crippen LogP contribution in [0.15, 0.2) is 42.6 Å². The van der Waals surface area contributed by atoms with E-state index >= 15 is 0 Å². The van der Waals surface area contributed by atoms with Crippen molar-refractivity contribution in [2.75, 3.05) is 5.32 Å². The van der Waals surface area contributed by atoms with Crippen LogP contribution in [0.5, 0.6) is 0 Å². The normalized spacial score (nSPS) is 25.0. The first-order valence-corrected chi connectivity index (χ1v) is 9.84. The van der Waals surface area contributed by atoms with Crippen LogP contribution in [0.3, 0.4) is 0 Å². The van der Waals surface area contributed by atoms with E-state index in [1.807, 2.05) is 12.2 Å². The number of hydrogen-bond acceptors (Lipinski definition) is 4. The number of pyridine rings is 1. The third kappa shape index (κ3) is 4.01. The summed E-state index contributed by atoms with van der Waals surface area (Å²) in [6.45, 7) is 2.05. The van der Waals surface area contributed by atoms with E-state index < -0.39 is 18.1 Å². The van der Waals surface area contributed by atoms with E-state index in [0.29, 0.717) is 31.0 Å². The number of nitrogens with zero attached hydrogens (tertiary/aromatic N) is 4. The quantitative estimate of drug-likeness (QED) is 0.732. The van der Waals surface area contributed by atoms with Crippen LogP contribution in [-0.4, -0.2) is 25.7 Å². The Kier molecular flexibility index (Phi) is 5.44. The molecule has 2 aliphatic rings. The van der Waals surface area contributed by atoms with Crippen molar-refractivity contribution in [3.63, 3.8) is 0 Å². The van der Waals surface area contributed by atoms with Gasteiger partial charge in [0.05, 0.1) is 6.20 Å². The van der Waals surface area contributed by atoms with Gasteiger partial charge in [0, 0.05) is 12.5 Å². The van der Waals surface area contributed by atoms with Gasteiger partial charge in [0.1, 0.15) is 17.5 Å². The zero-order chi connectivity index (χ0) is 21.3. The molecule has 2 aliphatic carbocycles. The molecule has 1 fully saturated rings. The number of rotatable bonds is 7. The molecule has 0 saturated heterocycles. The molecule has 2 aromatic heterocycles. The second-order valence-corrected chi connectivity index (χ2v) is 7.79. The lowest BCUT2D eigenvalue weighted by Crippen LogP contribution is -2.26. The van der Waals surface area contributed by atoms with Crippen LogP contribution in [0, 0.1) is 30.0 Å². The van der Waals surface area contributed by atoms with Crippen molar-refractivity contribution < 1.29 is 18.0 Å². The van der Waals surface area contributed by atoms with E-state index in [-0.39, 0.29) is 23.2 Å². The van der Waals surface area contributed by atoms with Crippen LogP contribution in [0.1, 0.15) is 37.3 Å². The van der Waals surface area contributed by atoms with E-state index in [2.05, 4.69) is 32.5 Å². The summed E-state index contributed by atoms with van der Waals surface area (Å²) in [7, 11) is 0. The van der Waals surface area contributed by atoms with Crippen LogP contribution < -0.4 is 5.32 Å². The van der Waals surface area contributed by atoms with Gasteiger partial charge in [-0.1, -0.05) is 24.3 Å². The summed E-state index contributed by atoms with van der Waals surface area (Å²) in [6.07, 6.45) is 8.55. The fourth-order valence-electron chi connectivity index (χ4n) is 4.28. The Labute approximate surface area is 171 Å². The monoisotopic (exact) mass is 417 g/mol. The molecule has 0 radical (unpaired) electrons. The number of carbonyl (C=O) groups is 1. The summed E-state index contributed by atoms with van der Waals surface area (Å²) < 4.78 is 40.3. The average molecular weight is 417 g/mol. The van der Waals surface area contributed by atoms with Crippen LogP contribution in [0.2, 0.25) is 0 Å². The van der Waals surface area contributed by atoms with E-state index in [4.69, 9.17) is 0 Å². The molecule has 2 heterocycles. The molecule has 158 valence electrons. The highest BCUT2D eigenvalue weighted by molar-refractivity contribution is 5.94. The third-order valence-corrected chi connectivity index (χ3v) is 5.99. The second-order valence-electron chi connectivity index (χ2n) is 7.79. The highest BCUT2D eigenvalue weighted by Crippen LogP contribution is 2.62. The number of allylic oxidation sites excluding steroid dienone is 4. The largest absolute Gasteiger partial charge is 0.310 e. The molecular weight excluding hydrogens is 395 g/mol. The third-order valence-electron chi connectivity index (χ3n) is 5.99. The number of aryl methyl sites for hydroxylation is 2. The molecular formula is C21H22F3N5O. The molecule has 1 saturated carbocycles. The highest BCUT2D eigenvalue weighted by atomic mass is 19.3. The molecule has 3 atom stereocenters. The first-order valence-electron chi connectivity index (χ1n) is 9.84. The predicted octanol–water partition coefficient (Wildman–Crippen LogP) is 4.23. The Hall–Kier alpha value is -2.97. The van der Waals surface area contributed by atoms with Crippen LogP contribution in [0.4, 0.5) is 19.0 Å². The summed E-state index contributed by atoms with van der Waals surface area (Å²) >= 11 is 0. The molecule has 6 nitrogen and oxygen atoms in total. The number of alkyl halides is 2. The van der Waals surface area contributed by atoms with Gasteiger partial charge in [-0.05, 0) is 49.7 Å². The van der Waals surface area contributed by atoms with Gasteiger partial charge in [-0.2, -0.15) is 0 Å². The van der Waals surface area contributed by atoms with E-state index in [1.165, 1.54) is 16.8 Å². The topological polar surface area (TPSA) is 72.7 Å². The van der Waals surface area contributed by atoms with Crippen molar-refractivity contribution in [1.29, 1.82) is 0 Å². The fraction of sp³-hybridized carbons (Fsp3) is 0.429.